The minimum Gasteiger partial charge on any atom is -0.380 e. The molecule has 1 unspecified atom stereocenters. The molecule has 0 saturated carbocycles. The van der Waals surface area contributed by atoms with Crippen molar-refractivity contribution >= 4 is 11.6 Å². The molecular formula is C12H15ClFNO. The maximum absolute atomic E-state index is 13.6. The van der Waals surface area contributed by atoms with Gasteiger partial charge in [0.15, 0.2) is 0 Å². The smallest absolute Gasteiger partial charge is 0.127 e. The number of nitrogens with two attached hydrogens (primary N) is 1. The van der Waals surface area contributed by atoms with E-state index in [-0.39, 0.29) is 5.82 Å². The summed E-state index contributed by atoms with van der Waals surface area (Å²) in [5, 5.41) is 0.440. The van der Waals surface area contributed by atoms with Crippen molar-refractivity contribution in [2.24, 2.45) is 5.73 Å². The zero-order valence-corrected chi connectivity index (χ0v) is 9.77. The first-order valence-corrected chi connectivity index (χ1v) is 5.78. The molecule has 88 valence electrons. The van der Waals surface area contributed by atoms with Crippen molar-refractivity contribution in [3.8, 4) is 0 Å². The molecular weight excluding hydrogens is 229 g/mol. The summed E-state index contributed by atoms with van der Waals surface area (Å²) in [4.78, 5) is 0. The topological polar surface area (TPSA) is 35.2 Å². The summed E-state index contributed by atoms with van der Waals surface area (Å²) in [5.41, 5.74) is 6.19. The van der Waals surface area contributed by atoms with E-state index in [0.29, 0.717) is 23.6 Å². The van der Waals surface area contributed by atoms with E-state index in [1.54, 1.807) is 12.1 Å². The lowest BCUT2D eigenvalue weighted by atomic mass is 9.86. The minimum atomic E-state index is -0.482. The van der Waals surface area contributed by atoms with Crippen LogP contribution in [0.25, 0.3) is 0 Å². The summed E-state index contributed by atoms with van der Waals surface area (Å²) >= 11 is 5.97. The lowest BCUT2D eigenvalue weighted by Crippen LogP contribution is -2.49. The van der Waals surface area contributed by atoms with Gasteiger partial charge in [0.2, 0.25) is 0 Å². The summed E-state index contributed by atoms with van der Waals surface area (Å²) in [6.45, 7) is 1.21. The molecule has 0 spiro atoms. The molecule has 2 nitrogen and oxygen atoms in total. The Hall–Kier alpha value is -0.640. The van der Waals surface area contributed by atoms with Crippen LogP contribution in [0.3, 0.4) is 0 Å². The third-order valence-electron chi connectivity index (χ3n) is 2.94. The van der Waals surface area contributed by atoms with Crippen LogP contribution in [0, 0.1) is 5.82 Å². The van der Waals surface area contributed by atoms with Gasteiger partial charge >= 0.3 is 0 Å². The van der Waals surface area contributed by atoms with Crippen LogP contribution in [0.4, 0.5) is 4.39 Å². The highest BCUT2D eigenvalue weighted by Crippen LogP contribution is 2.27. The zero-order valence-electron chi connectivity index (χ0n) is 9.01. The van der Waals surface area contributed by atoms with Crippen LogP contribution < -0.4 is 5.73 Å². The van der Waals surface area contributed by atoms with Crippen LogP contribution in [0.15, 0.2) is 18.2 Å². The molecule has 16 heavy (non-hydrogen) atoms. The molecule has 1 aromatic rings. The van der Waals surface area contributed by atoms with E-state index in [9.17, 15) is 4.39 Å². The highest BCUT2D eigenvalue weighted by molar-refractivity contribution is 6.31. The second kappa shape index (κ2) is 4.70. The summed E-state index contributed by atoms with van der Waals surface area (Å²) < 4.78 is 18.9. The van der Waals surface area contributed by atoms with Crippen molar-refractivity contribution in [1.29, 1.82) is 0 Å². The van der Waals surface area contributed by atoms with Crippen molar-refractivity contribution in [3.63, 3.8) is 0 Å². The van der Waals surface area contributed by atoms with Crippen LogP contribution in [0.2, 0.25) is 5.02 Å². The molecule has 1 heterocycles. The summed E-state index contributed by atoms with van der Waals surface area (Å²) in [7, 11) is 0. The van der Waals surface area contributed by atoms with E-state index < -0.39 is 5.54 Å². The van der Waals surface area contributed by atoms with Gasteiger partial charge in [-0.15, -0.1) is 0 Å². The number of hydrogen-bond acceptors (Lipinski definition) is 2. The number of ether oxygens (including phenoxy) is 1. The normalized spacial score (nSPS) is 25.7. The fourth-order valence-corrected chi connectivity index (χ4v) is 2.30. The molecule has 1 aliphatic heterocycles. The molecule has 1 aromatic carbocycles. The monoisotopic (exact) mass is 243 g/mol. The molecule has 1 saturated heterocycles. The molecule has 0 bridgehead atoms. The summed E-state index contributed by atoms with van der Waals surface area (Å²) in [5.74, 6) is -0.289. The maximum Gasteiger partial charge on any atom is 0.127 e. The van der Waals surface area contributed by atoms with Gasteiger partial charge in [-0.1, -0.05) is 17.7 Å². The van der Waals surface area contributed by atoms with Gasteiger partial charge in [0.05, 0.1) is 6.61 Å². The first-order chi connectivity index (χ1) is 7.61. The molecule has 0 aromatic heterocycles. The minimum absolute atomic E-state index is 0.289. The van der Waals surface area contributed by atoms with Gasteiger partial charge in [0.1, 0.15) is 5.82 Å². The maximum atomic E-state index is 13.6. The van der Waals surface area contributed by atoms with Gasteiger partial charge in [-0.05, 0) is 31.4 Å². The van der Waals surface area contributed by atoms with Gasteiger partial charge in [0.25, 0.3) is 0 Å². The molecule has 1 atom stereocenters. The molecule has 1 fully saturated rings. The number of halogens is 2. The Bertz CT molecular complexity index is 357. The molecule has 0 amide bonds. The van der Waals surface area contributed by atoms with Gasteiger partial charge < -0.3 is 10.5 Å². The van der Waals surface area contributed by atoms with Gasteiger partial charge in [-0.3, -0.25) is 0 Å². The number of benzene rings is 1. The summed E-state index contributed by atoms with van der Waals surface area (Å²) in [6.07, 6.45) is 2.19. The van der Waals surface area contributed by atoms with Crippen LogP contribution in [-0.4, -0.2) is 18.8 Å². The first-order valence-electron chi connectivity index (χ1n) is 5.40. The van der Waals surface area contributed by atoms with Crippen molar-refractivity contribution in [3.05, 3.63) is 34.6 Å². The Morgan fingerprint density at radius 1 is 1.50 bits per heavy atom. The van der Waals surface area contributed by atoms with Crippen molar-refractivity contribution in [2.75, 3.05) is 13.2 Å². The lowest BCUT2D eigenvalue weighted by molar-refractivity contribution is 0.0379. The van der Waals surface area contributed by atoms with Crippen LogP contribution in [0.1, 0.15) is 18.4 Å². The highest BCUT2D eigenvalue weighted by atomic mass is 35.5. The molecule has 1 aliphatic rings. The van der Waals surface area contributed by atoms with Crippen LogP contribution >= 0.6 is 11.6 Å². The van der Waals surface area contributed by atoms with Gasteiger partial charge in [-0.2, -0.15) is 0 Å². The number of hydrogen-bond donors (Lipinski definition) is 1. The van der Waals surface area contributed by atoms with Crippen molar-refractivity contribution in [1.82, 2.24) is 0 Å². The fourth-order valence-electron chi connectivity index (χ4n) is 2.07. The molecule has 0 aliphatic carbocycles. The third kappa shape index (κ3) is 2.54. The Labute approximate surface area is 99.5 Å². The molecule has 4 heteroatoms. The lowest BCUT2D eigenvalue weighted by Gasteiger charge is -2.33. The van der Waals surface area contributed by atoms with Gasteiger partial charge in [-0.25, -0.2) is 4.39 Å². The predicted octanol–water partition coefficient (Wildman–Crippen LogP) is 2.53. The Morgan fingerprint density at radius 3 is 2.94 bits per heavy atom. The van der Waals surface area contributed by atoms with E-state index in [1.807, 2.05) is 0 Å². The Morgan fingerprint density at radius 2 is 2.31 bits per heavy atom. The first kappa shape index (κ1) is 11.8. The predicted molar refractivity (Wildman–Crippen MR) is 62.1 cm³/mol. The van der Waals surface area contributed by atoms with E-state index >= 15 is 0 Å². The highest BCUT2D eigenvalue weighted by Gasteiger charge is 2.30. The molecule has 0 radical (unpaired) electrons. The Kier molecular flexibility index (Phi) is 3.47. The van der Waals surface area contributed by atoms with E-state index in [4.69, 9.17) is 22.1 Å². The van der Waals surface area contributed by atoms with E-state index in [2.05, 4.69) is 0 Å². The van der Waals surface area contributed by atoms with Crippen molar-refractivity contribution in [2.45, 2.75) is 24.8 Å². The zero-order chi connectivity index (χ0) is 11.6. The largest absolute Gasteiger partial charge is 0.380 e. The van der Waals surface area contributed by atoms with Crippen LogP contribution in [0.5, 0.6) is 0 Å². The fraction of sp³-hybridized carbons (Fsp3) is 0.500. The Balaban J connectivity index is 2.19. The molecule has 2 rings (SSSR count). The standard InChI is InChI=1S/C12H15ClFNO/c13-10-3-1-4-11(14)9(10)7-12(15)5-2-6-16-8-12/h1,3-4H,2,5-8,15H2. The van der Waals surface area contributed by atoms with Crippen LogP contribution in [-0.2, 0) is 11.2 Å². The average Bonchev–Trinajstić information content (AvgIpc) is 2.25. The SMILES string of the molecule is NC1(Cc2c(F)cccc2Cl)CCCOC1. The van der Waals surface area contributed by atoms with E-state index in [1.165, 1.54) is 6.07 Å². The quantitative estimate of drug-likeness (QED) is 0.866. The average molecular weight is 244 g/mol. The second-order valence-corrected chi connectivity index (χ2v) is 4.80. The van der Waals surface area contributed by atoms with Gasteiger partial charge in [0, 0.05) is 22.7 Å². The van der Waals surface area contributed by atoms with E-state index in [0.717, 1.165) is 19.4 Å². The summed E-state index contributed by atoms with van der Waals surface area (Å²) in [6, 6.07) is 4.70. The second-order valence-electron chi connectivity index (χ2n) is 4.40. The molecule has 2 N–H and O–H groups in total. The van der Waals surface area contributed by atoms with Crippen molar-refractivity contribution < 1.29 is 9.13 Å². The number of rotatable bonds is 2. The third-order valence-corrected chi connectivity index (χ3v) is 3.30.